The molecule has 172 valence electrons. The molecule has 0 spiro atoms. The molecule has 1 amide bonds. The van der Waals surface area contributed by atoms with Gasteiger partial charge in [-0.05, 0) is 57.4 Å². The van der Waals surface area contributed by atoms with Gasteiger partial charge in [0.2, 0.25) is 5.95 Å². The van der Waals surface area contributed by atoms with Gasteiger partial charge in [-0.2, -0.15) is 9.49 Å². The number of pyridine rings is 1. The average molecular weight is 450 g/mol. The number of carbonyl (C=O) groups excluding carboxylic acids is 1. The van der Waals surface area contributed by atoms with Crippen LogP contribution in [0.25, 0.3) is 5.65 Å². The molecule has 0 aliphatic carbocycles. The second-order valence-electron chi connectivity index (χ2n) is 8.98. The zero-order chi connectivity index (χ0) is 22.9. The van der Waals surface area contributed by atoms with Crippen LogP contribution in [-0.4, -0.2) is 63.3 Å². The van der Waals surface area contributed by atoms with E-state index in [1.165, 1.54) is 12.1 Å². The Morgan fingerprint density at radius 3 is 2.94 bits per heavy atom. The Labute approximate surface area is 192 Å². The van der Waals surface area contributed by atoms with Crippen molar-refractivity contribution in [1.29, 1.82) is 0 Å². The number of anilines is 1. The maximum atomic E-state index is 13.6. The lowest BCUT2D eigenvalue weighted by atomic mass is 9.99. The minimum absolute atomic E-state index is 0.125. The van der Waals surface area contributed by atoms with E-state index in [9.17, 15) is 9.18 Å². The van der Waals surface area contributed by atoms with Crippen molar-refractivity contribution < 1.29 is 9.18 Å². The lowest BCUT2D eigenvalue weighted by molar-refractivity contribution is 0.0598. The topological polar surface area (TPSA) is 79.0 Å². The number of aromatic nitrogens is 4. The smallest absolute Gasteiger partial charge is 0.273 e. The zero-order valence-corrected chi connectivity index (χ0v) is 18.8. The Bertz CT molecular complexity index is 1190. The van der Waals surface area contributed by atoms with Gasteiger partial charge in [0, 0.05) is 44.0 Å². The summed E-state index contributed by atoms with van der Waals surface area (Å²) in [7, 11) is 0. The van der Waals surface area contributed by atoms with Crippen molar-refractivity contribution in [3.63, 3.8) is 0 Å². The monoisotopic (exact) mass is 449 g/mol. The number of halogens is 1. The Balaban J connectivity index is 1.43. The normalized spacial score (nSPS) is 21.0. The van der Waals surface area contributed by atoms with Crippen molar-refractivity contribution in [3.8, 4) is 0 Å². The molecule has 2 atom stereocenters. The molecule has 2 aliphatic heterocycles. The van der Waals surface area contributed by atoms with Gasteiger partial charge in [0.1, 0.15) is 11.5 Å². The molecule has 0 radical (unpaired) electrons. The van der Waals surface area contributed by atoms with E-state index in [0.29, 0.717) is 12.5 Å². The summed E-state index contributed by atoms with van der Waals surface area (Å²) < 4.78 is 15.4. The van der Waals surface area contributed by atoms with E-state index < -0.39 is 5.95 Å². The third-order valence-electron chi connectivity index (χ3n) is 6.64. The Kier molecular flexibility index (Phi) is 5.78. The summed E-state index contributed by atoms with van der Waals surface area (Å²) in [6, 6.07) is 6.10. The first-order valence-corrected chi connectivity index (χ1v) is 11.5. The molecule has 3 aromatic heterocycles. The van der Waals surface area contributed by atoms with E-state index in [-0.39, 0.29) is 17.6 Å². The van der Waals surface area contributed by atoms with Gasteiger partial charge in [-0.15, -0.1) is 0 Å². The van der Waals surface area contributed by atoms with Crippen LogP contribution in [0.1, 0.15) is 53.5 Å². The minimum Gasteiger partial charge on any atom is -0.356 e. The largest absolute Gasteiger partial charge is 0.356 e. The van der Waals surface area contributed by atoms with Crippen molar-refractivity contribution in [2.45, 2.75) is 38.6 Å². The molecular weight excluding hydrogens is 421 g/mol. The van der Waals surface area contributed by atoms with Crippen LogP contribution in [0.4, 0.5) is 10.2 Å². The molecule has 9 heteroatoms. The molecule has 0 bridgehead atoms. The number of likely N-dealkylation sites (tertiary alicyclic amines) is 1. The molecule has 2 fully saturated rings. The third-order valence-corrected chi connectivity index (χ3v) is 6.64. The maximum absolute atomic E-state index is 13.6. The molecule has 5 rings (SSSR count). The first kappa shape index (κ1) is 21.5. The summed E-state index contributed by atoms with van der Waals surface area (Å²) >= 11 is 0. The number of aliphatic imine (C=N–C) groups is 1. The van der Waals surface area contributed by atoms with Gasteiger partial charge in [-0.3, -0.25) is 4.79 Å². The zero-order valence-electron chi connectivity index (χ0n) is 18.8. The highest BCUT2D eigenvalue weighted by Crippen LogP contribution is 2.33. The predicted octanol–water partition coefficient (Wildman–Crippen LogP) is 3.47. The number of nitrogens with zero attached hydrogens (tertiary/aromatic N) is 7. The lowest BCUT2D eigenvalue weighted by Crippen LogP contribution is -2.39. The molecule has 2 unspecified atom stereocenters. The van der Waals surface area contributed by atoms with E-state index in [4.69, 9.17) is 10.1 Å². The maximum Gasteiger partial charge on any atom is 0.273 e. The molecule has 8 nitrogen and oxygen atoms in total. The van der Waals surface area contributed by atoms with Crippen LogP contribution >= 0.6 is 0 Å². The standard InChI is InChI=1S/C24H28FN7O/c1-16-14-32-22(28-23(16)30-11-9-17(15-30)13-26-2)12-19(29-32)20-7-3-4-10-31(20)24(33)18-6-5-8-21(25)27-18/h5-6,8,12,14,17,20H,2-4,7,9-11,13,15H2,1H3. The minimum atomic E-state index is -0.651. The molecule has 2 aliphatic rings. The highest BCUT2D eigenvalue weighted by molar-refractivity contribution is 5.92. The molecule has 5 heterocycles. The summed E-state index contributed by atoms with van der Waals surface area (Å²) in [5.41, 5.74) is 2.75. The predicted molar refractivity (Wildman–Crippen MR) is 124 cm³/mol. The first-order valence-electron chi connectivity index (χ1n) is 11.5. The Morgan fingerprint density at radius 2 is 2.12 bits per heavy atom. The van der Waals surface area contributed by atoms with Crippen LogP contribution in [0.5, 0.6) is 0 Å². The summed E-state index contributed by atoms with van der Waals surface area (Å²) in [5, 5.41) is 4.78. The number of hydrogen-bond acceptors (Lipinski definition) is 6. The molecule has 2 saturated heterocycles. The molecule has 0 N–H and O–H groups in total. The molecule has 0 aromatic carbocycles. The average Bonchev–Trinajstić information content (AvgIpc) is 3.45. The fourth-order valence-corrected chi connectivity index (χ4v) is 5.02. The van der Waals surface area contributed by atoms with Crippen LogP contribution in [0.15, 0.2) is 35.5 Å². The molecule has 3 aromatic rings. The number of hydrogen-bond donors (Lipinski definition) is 0. The van der Waals surface area contributed by atoms with Crippen LogP contribution in [-0.2, 0) is 0 Å². The second-order valence-corrected chi connectivity index (χ2v) is 8.98. The van der Waals surface area contributed by atoms with Crippen LogP contribution in [0.2, 0.25) is 0 Å². The quantitative estimate of drug-likeness (QED) is 0.440. The van der Waals surface area contributed by atoms with Gasteiger partial charge in [0.15, 0.2) is 5.65 Å². The molecule has 33 heavy (non-hydrogen) atoms. The van der Waals surface area contributed by atoms with Crippen LogP contribution < -0.4 is 4.90 Å². The van der Waals surface area contributed by atoms with Gasteiger partial charge in [-0.25, -0.2) is 14.5 Å². The number of carbonyl (C=O) groups is 1. The van der Waals surface area contributed by atoms with Crippen molar-refractivity contribution in [3.05, 3.63) is 53.4 Å². The highest BCUT2D eigenvalue weighted by Gasteiger charge is 2.32. The van der Waals surface area contributed by atoms with E-state index in [1.807, 2.05) is 19.2 Å². The van der Waals surface area contributed by atoms with Crippen LogP contribution in [0.3, 0.4) is 0 Å². The van der Waals surface area contributed by atoms with Crippen molar-refractivity contribution in [2.75, 3.05) is 31.1 Å². The number of rotatable bonds is 5. The van der Waals surface area contributed by atoms with Crippen molar-refractivity contribution in [1.82, 2.24) is 24.5 Å². The number of fused-ring (bicyclic) bond motifs is 1. The Hall–Kier alpha value is -3.36. The highest BCUT2D eigenvalue weighted by atomic mass is 19.1. The fourth-order valence-electron chi connectivity index (χ4n) is 5.02. The molecular formula is C24H28FN7O. The van der Waals surface area contributed by atoms with E-state index in [2.05, 4.69) is 21.6 Å². The number of amides is 1. The van der Waals surface area contributed by atoms with Gasteiger partial charge < -0.3 is 14.8 Å². The summed E-state index contributed by atoms with van der Waals surface area (Å²) in [5.74, 6) is 0.571. The Morgan fingerprint density at radius 1 is 1.24 bits per heavy atom. The number of piperidine rings is 1. The van der Waals surface area contributed by atoms with Crippen LogP contribution in [0, 0.1) is 18.8 Å². The van der Waals surface area contributed by atoms with Gasteiger partial charge in [0.05, 0.1) is 11.7 Å². The summed E-state index contributed by atoms with van der Waals surface area (Å²) in [4.78, 5) is 30.0. The van der Waals surface area contributed by atoms with E-state index in [1.54, 1.807) is 15.5 Å². The molecule has 0 saturated carbocycles. The second kappa shape index (κ2) is 8.88. The van der Waals surface area contributed by atoms with Crippen molar-refractivity contribution in [2.24, 2.45) is 10.9 Å². The third kappa shape index (κ3) is 4.19. The van der Waals surface area contributed by atoms with E-state index >= 15 is 0 Å². The first-order chi connectivity index (χ1) is 16.0. The lowest BCUT2D eigenvalue weighted by Gasteiger charge is -2.34. The fraction of sp³-hybridized carbons (Fsp3) is 0.458. The van der Waals surface area contributed by atoms with Gasteiger partial charge >= 0.3 is 0 Å². The number of aryl methyl sites for hydroxylation is 1. The van der Waals surface area contributed by atoms with Gasteiger partial charge in [-0.1, -0.05) is 6.07 Å². The van der Waals surface area contributed by atoms with E-state index in [0.717, 1.165) is 68.0 Å². The summed E-state index contributed by atoms with van der Waals surface area (Å²) in [6.45, 7) is 8.93. The summed E-state index contributed by atoms with van der Waals surface area (Å²) in [6.07, 6.45) is 5.80. The SMILES string of the molecule is C=NCC1CCN(c2nc3cc(C4CCCCN4C(=O)c4cccc(F)n4)nn3cc2C)C1. The van der Waals surface area contributed by atoms with Gasteiger partial charge in [0.25, 0.3) is 5.91 Å². The van der Waals surface area contributed by atoms with Crippen molar-refractivity contribution >= 4 is 24.1 Å².